The Morgan fingerprint density at radius 1 is 1.33 bits per heavy atom. The number of carbonyl (C=O) groups is 1. The maximum atomic E-state index is 10.9. The Morgan fingerprint density at radius 2 is 2.13 bits per heavy atom. The number of amides is 1. The van der Waals surface area contributed by atoms with Crippen molar-refractivity contribution < 1.29 is 4.79 Å². The van der Waals surface area contributed by atoms with Gasteiger partial charge in [0.15, 0.2) is 0 Å². The summed E-state index contributed by atoms with van der Waals surface area (Å²) in [6.45, 7) is 0. The first-order valence-corrected chi connectivity index (χ1v) is 5.16. The van der Waals surface area contributed by atoms with E-state index in [4.69, 9.17) is 0 Å². The highest BCUT2D eigenvalue weighted by atomic mass is 16.1. The maximum absolute atomic E-state index is 10.9. The zero-order valence-corrected chi connectivity index (χ0v) is 8.49. The van der Waals surface area contributed by atoms with Crippen LogP contribution in [0.2, 0.25) is 0 Å². The Hall–Kier alpha value is -1.75. The predicted octanol–water partition coefficient (Wildman–Crippen LogP) is 1.51. The summed E-state index contributed by atoms with van der Waals surface area (Å²) in [5, 5.41) is 2.83. The second kappa shape index (κ2) is 4.65. The lowest BCUT2D eigenvalue weighted by Gasteiger charge is -1.98. The van der Waals surface area contributed by atoms with Crippen LogP contribution in [0.1, 0.15) is 18.4 Å². The van der Waals surface area contributed by atoms with Crippen molar-refractivity contribution in [2.24, 2.45) is 0 Å². The van der Waals surface area contributed by atoms with Crippen molar-refractivity contribution in [3.8, 4) is 11.8 Å². The topological polar surface area (TPSA) is 29.1 Å². The molecule has 1 N–H and O–H groups in total. The highest BCUT2D eigenvalue weighted by Crippen LogP contribution is 2.05. The molecule has 1 aliphatic heterocycles. The molecule has 0 spiro atoms. The average Bonchev–Trinajstić information content (AvgIpc) is 2.66. The van der Waals surface area contributed by atoms with Crippen LogP contribution in [0.25, 0.3) is 0 Å². The number of benzene rings is 1. The lowest BCUT2D eigenvalue weighted by Crippen LogP contribution is -2.23. The summed E-state index contributed by atoms with van der Waals surface area (Å²) in [7, 11) is 0. The molecular weight excluding hydrogens is 186 g/mol. The van der Waals surface area contributed by atoms with Gasteiger partial charge in [-0.2, -0.15) is 0 Å². The third kappa shape index (κ3) is 2.85. The van der Waals surface area contributed by atoms with Gasteiger partial charge in [-0.15, -0.1) is 0 Å². The summed E-state index contributed by atoms with van der Waals surface area (Å²) in [6.07, 6.45) is 2.22. The molecule has 0 aromatic heterocycles. The van der Waals surface area contributed by atoms with E-state index in [-0.39, 0.29) is 11.9 Å². The van der Waals surface area contributed by atoms with E-state index < -0.39 is 0 Å². The highest BCUT2D eigenvalue weighted by molar-refractivity contribution is 5.79. The summed E-state index contributed by atoms with van der Waals surface area (Å²) in [4.78, 5) is 10.9. The molecule has 1 aliphatic rings. The zero-order valence-electron chi connectivity index (χ0n) is 8.49. The fourth-order valence-corrected chi connectivity index (χ4v) is 1.59. The Balaban J connectivity index is 1.88. The summed E-state index contributed by atoms with van der Waals surface area (Å²) in [5.41, 5.74) is 1.22. The molecule has 76 valence electrons. The maximum Gasteiger partial charge on any atom is 0.221 e. The Bertz CT molecular complexity index is 400. The Labute approximate surface area is 89.7 Å². The van der Waals surface area contributed by atoms with Crippen LogP contribution >= 0.6 is 0 Å². The number of nitrogens with one attached hydrogen (secondary N) is 1. The summed E-state index contributed by atoms with van der Waals surface area (Å²) in [6, 6.07) is 10.2. The van der Waals surface area contributed by atoms with E-state index in [0.717, 1.165) is 12.8 Å². The summed E-state index contributed by atoms with van der Waals surface area (Å²) < 4.78 is 0. The van der Waals surface area contributed by atoms with E-state index in [1.165, 1.54) is 5.56 Å². The number of rotatable bonds is 1. The molecule has 15 heavy (non-hydrogen) atoms. The minimum absolute atomic E-state index is 0.0706. The monoisotopic (exact) mass is 199 g/mol. The molecule has 0 aliphatic carbocycles. The third-order valence-electron chi connectivity index (χ3n) is 2.41. The van der Waals surface area contributed by atoms with E-state index in [9.17, 15) is 4.79 Å². The van der Waals surface area contributed by atoms with Gasteiger partial charge in [-0.1, -0.05) is 42.2 Å². The van der Waals surface area contributed by atoms with Crippen LogP contribution in [0.15, 0.2) is 30.3 Å². The van der Waals surface area contributed by atoms with E-state index in [2.05, 4.69) is 29.3 Å². The first-order chi connectivity index (χ1) is 7.34. The van der Waals surface area contributed by atoms with Gasteiger partial charge in [0.25, 0.3) is 0 Å². The van der Waals surface area contributed by atoms with E-state index >= 15 is 0 Å². The van der Waals surface area contributed by atoms with Crippen molar-refractivity contribution in [3.63, 3.8) is 0 Å². The average molecular weight is 199 g/mol. The molecule has 1 saturated heterocycles. The summed E-state index contributed by atoms with van der Waals surface area (Å²) >= 11 is 0. The quantitative estimate of drug-likeness (QED) is 0.682. The van der Waals surface area contributed by atoms with Crippen molar-refractivity contribution in [1.82, 2.24) is 5.32 Å². The van der Waals surface area contributed by atoms with E-state index in [0.29, 0.717) is 6.42 Å². The van der Waals surface area contributed by atoms with Crippen molar-refractivity contribution in [2.75, 3.05) is 0 Å². The SMILES string of the molecule is O=C1CCC(C#CCc2ccccc2)N1. The van der Waals surface area contributed by atoms with Crippen molar-refractivity contribution in [2.45, 2.75) is 25.3 Å². The van der Waals surface area contributed by atoms with Crippen LogP contribution in [0.4, 0.5) is 0 Å². The largest absolute Gasteiger partial charge is 0.342 e. The highest BCUT2D eigenvalue weighted by Gasteiger charge is 2.17. The molecule has 2 nitrogen and oxygen atoms in total. The molecule has 2 heteroatoms. The van der Waals surface area contributed by atoms with Crippen molar-refractivity contribution >= 4 is 5.91 Å². The molecule has 1 fully saturated rings. The zero-order chi connectivity index (χ0) is 10.5. The van der Waals surface area contributed by atoms with Crippen LogP contribution in [-0.2, 0) is 11.2 Å². The van der Waals surface area contributed by atoms with Crippen molar-refractivity contribution in [1.29, 1.82) is 0 Å². The van der Waals surface area contributed by atoms with Gasteiger partial charge in [-0.05, 0) is 12.0 Å². The molecule has 1 unspecified atom stereocenters. The molecule has 1 aromatic rings. The van der Waals surface area contributed by atoms with Gasteiger partial charge in [0, 0.05) is 12.8 Å². The standard InChI is InChI=1S/C13H13NO/c15-13-10-9-12(14-13)8-4-7-11-5-2-1-3-6-11/h1-3,5-6,12H,7,9-10H2,(H,14,15). The van der Waals surface area contributed by atoms with Crippen LogP contribution in [0.5, 0.6) is 0 Å². The molecule has 0 radical (unpaired) electrons. The molecule has 0 bridgehead atoms. The normalized spacial score (nSPS) is 19.2. The molecule has 2 rings (SSSR count). The van der Waals surface area contributed by atoms with Crippen LogP contribution in [0, 0.1) is 11.8 Å². The first-order valence-electron chi connectivity index (χ1n) is 5.16. The fraction of sp³-hybridized carbons (Fsp3) is 0.308. The molecule has 1 heterocycles. The molecule has 0 saturated carbocycles. The Kier molecular flexibility index (Phi) is 3.04. The van der Waals surface area contributed by atoms with Gasteiger partial charge in [0.05, 0.1) is 6.04 Å². The van der Waals surface area contributed by atoms with Gasteiger partial charge in [-0.3, -0.25) is 4.79 Å². The number of carbonyl (C=O) groups excluding carboxylic acids is 1. The number of hydrogen-bond acceptors (Lipinski definition) is 1. The third-order valence-corrected chi connectivity index (χ3v) is 2.41. The lowest BCUT2D eigenvalue weighted by atomic mass is 10.1. The predicted molar refractivity (Wildman–Crippen MR) is 59.1 cm³/mol. The lowest BCUT2D eigenvalue weighted by molar-refractivity contribution is -0.119. The minimum Gasteiger partial charge on any atom is -0.342 e. The fourth-order valence-electron chi connectivity index (χ4n) is 1.59. The molecule has 1 atom stereocenters. The molecule has 1 amide bonds. The van der Waals surface area contributed by atoms with Crippen LogP contribution in [-0.4, -0.2) is 11.9 Å². The second-order valence-corrected chi connectivity index (χ2v) is 3.64. The van der Waals surface area contributed by atoms with E-state index in [1.807, 2.05) is 18.2 Å². The molecular formula is C13H13NO. The molecule has 1 aromatic carbocycles. The van der Waals surface area contributed by atoms with Crippen molar-refractivity contribution in [3.05, 3.63) is 35.9 Å². The van der Waals surface area contributed by atoms with Crippen LogP contribution < -0.4 is 5.32 Å². The van der Waals surface area contributed by atoms with Crippen LogP contribution in [0.3, 0.4) is 0 Å². The smallest absolute Gasteiger partial charge is 0.221 e. The summed E-state index contributed by atoms with van der Waals surface area (Å²) in [5.74, 6) is 6.30. The first kappa shape index (κ1) is 9.79. The minimum atomic E-state index is 0.0706. The van der Waals surface area contributed by atoms with Gasteiger partial charge >= 0.3 is 0 Å². The second-order valence-electron chi connectivity index (χ2n) is 3.64. The van der Waals surface area contributed by atoms with Gasteiger partial charge < -0.3 is 5.32 Å². The van der Waals surface area contributed by atoms with Gasteiger partial charge in [-0.25, -0.2) is 0 Å². The Morgan fingerprint density at radius 3 is 2.80 bits per heavy atom. The van der Waals surface area contributed by atoms with Gasteiger partial charge in [0.1, 0.15) is 0 Å². The number of hydrogen-bond donors (Lipinski definition) is 1. The van der Waals surface area contributed by atoms with Gasteiger partial charge in [0.2, 0.25) is 5.91 Å². The van der Waals surface area contributed by atoms with E-state index in [1.54, 1.807) is 0 Å².